The molecular weight excluding hydrogens is 302 g/mol. The SMILES string of the molecule is O=C(Nc1ccc(C2CNC2)cc1)[C@H]1CCN(c2cccnn2)C1. The van der Waals surface area contributed by atoms with Gasteiger partial charge in [-0.25, -0.2) is 0 Å². The van der Waals surface area contributed by atoms with Crippen molar-refractivity contribution >= 4 is 17.4 Å². The predicted molar refractivity (Wildman–Crippen MR) is 93.0 cm³/mol. The Morgan fingerprint density at radius 2 is 2.04 bits per heavy atom. The molecule has 0 unspecified atom stereocenters. The lowest BCUT2D eigenvalue weighted by Gasteiger charge is -2.27. The zero-order valence-electron chi connectivity index (χ0n) is 13.5. The van der Waals surface area contributed by atoms with E-state index in [0.29, 0.717) is 12.5 Å². The molecule has 2 N–H and O–H groups in total. The molecular formula is C18H21N5O. The largest absolute Gasteiger partial charge is 0.354 e. The number of carbonyl (C=O) groups is 1. The lowest BCUT2D eigenvalue weighted by atomic mass is 9.94. The first kappa shape index (κ1) is 15.1. The number of hydrogen-bond donors (Lipinski definition) is 2. The number of hydrogen-bond acceptors (Lipinski definition) is 5. The van der Waals surface area contributed by atoms with Gasteiger partial charge < -0.3 is 15.5 Å². The summed E-state index contributed by atoms with van der Waals surface area (Å²) in [6, 6.07) is 12.0. The van der Waals surface area contributed by atoms with Gasteiger partial charge in [0.1, 0.15) is 0 Å². The summed E-state index contributed by atoms with van der Waals surface area (Å²) in [5.74, 6) is 1.53. The molecule has 124 valence electrons. The van der Waals surface area contributed by atoms with Crippen LogP contribution in [0.25, 0.3) is 0 Å². The Hall–Kier alpha value is -2.47. The molecule has 2 aromatic rings. The van der Waals surface area contributed by atoms with Crippen LogP contribution in [0.2, 0.25) is 0 Å². The van der Waals surface area contributed by atoms with Gasteiger partial charge in [0.2, 0.25) is 5.91 Å². The monoisotopic (exact) mass is 323 g/mol. The highest BCUT2D eigenvalue weighted by atomic mass is 16.1. The van der Waals surface area contributed by atoms with E-state index in [-0.39, 0.29) is 11.8 Å². The summed E-state index contributed by atoms with van der Waals surface area (Å²) in [6.07, 6.45) is 2.50. The fraction of sp³-hybridized carbons (Fsp3) is 0.389. The molecule has 0 aliphatic carbocycles. The molecule has 0 bridgehead atoms. The van der Waals surface area contributed by atoms with Crippen molar-refractivity contribution in [2.24, 2.45) is 5.92 Å². The first-order chi connectivity index (χ1) is 11.8. The van der Waals surface area contributed by atoms with Gasteiger partial charge in [0.05, 0.1) is 5.92 Å². The minimum Gasteiger partial charge on any atom is -0.354 e. The summed E-state index contributed by atoms with van der Waals surface area (Å²) in [5, 5.41) is 14.3. The molecule has 2 aliphatic heterocycles. The average Bonchev–Trinajstić information content (AvgIpc) is 3.06. The summed E-state index contributed by atoms with van der Waals surface area (Å²) in [6.45, 7) is 3.62. The summed E-state index contributed by atoms with van der Waals surface area (Å²) in [4.78, 5) is 14.6. The quantitative estimate of drug-likeness (QED) is 0.895. The number of amides is 1. The van der Waals surface area contributed by atoms with Crippen LogP contribution in [0.15, 0.2) is 42.6 Å². The number of anilines is 2. The van der Waals surface area contributed by atoms with Crippen molar-refractivity contribution in [3.8, 4) is 0 Å². The number of rotatable bonds is 4. The summed E-state index contributed by atoms with van der Waals surface area (Å²) >= 11 is 0. The summed E-state index contributed by atoms with van der Waals surface area (Å²) in [5.41, 5.74) is 2.20. The number of aromatic nitrogens is 2. The van der Waals surface area contributed by atoms with Crippen molar-refractivity contribution in [3.63, 3.8) is 0 Å². The summed E-state index contributed by atoms with van der Waals surface area (Å²) in [7, 11) is 0. The highest BCUT2D eigenvalue weighted by Gasteiger charge is 2.29. The number of nitrogens with one attached hydrogen (secondary N) is 2. The molecule has 6 heteroatoms. The lowest BCUT2D eigenvalue weighted by molar-refractivity contribution is -0.119. The third kappa shape index (κ3) is 3.10. The van der Waals surface area contributed by atoms with E-state index in [0.717, 1.165) is 37.6 Å². The minimum atomic E-state index is -0.0116. The van der Waals surface area contributed by atoms with Crippen LogP contribution in [-0.2, 0) is 4.79 Å². The zero-order chi connectivity index (χ0) is 16.4. The van der Waals surface area contributed by atoms with E-state index >= 15 is 0 Å². The molecule has 0 saturated carbocycles. The maximum absolute atomic E-state index is 12.5. The van der Waals surface area contributed by atoms with E-state index in [4.69, 9.17) is 0 Å². The Kier molecular flexibility index (Phi) is 4.13. The van der Waals surface area contributed by atoms with Crippen LogP contribution in [0.3, 0.4) is 0 Å². The Bertz CT molecular complexity index is 699. The molecule has 1 aromatic heterocycles. The molecule has 3 heterocycles. The highest BCUT2D eigenvalue weighted by molar-refractivity contribution is 5.93. The van der Waals surface area contributed by atoms with Gasteiger partial charge in [0.15, 0.2) is 5.82 Å². The number of nitrogens with zero attached hydrogens (tertiary/aromatic N) is 3. The van der Waals surface area contributed by atoms with E-state index in [1.807, 2.05) is 24.3 Å². The topological polar surface area (TPSA) is 70.2 Å². The van der Waals surface area contributed by atoms with Gasteiger partial charge in [-0.15, -0.1) is 5.10 Å². The van der Waals surface area contributed by atoms with Gasteiger partial charge in [-0.2, -0.15) is 5.10 Å². The van der Waals surface area contributed by atoms with Crippen molar-refractivity contribution in [1.29, 1.82) is 0 Å². The van der Waals surface area contributed by atoms with Crippen LogP contribution in [0.4, 0.5) is 11.5 Å². The van der Waals surface area contributed by atoms with Gasteiger partial charge in [-0.1, -0.05) is 12.1 Å². The van der Waals surface area contributed by atoms with Gasteiger partial charge in [-0.05, 0) is 36.2 Å². The van der Waals surface area contributed by atoms with Crippen molar-refractivity contribution < 1.29 is 4.79 Å². The van der Waals surface area contributed by atoms with E-state index in [1.54, 1.807) is 6.20 Å². The molecule has 0 spiro atoms. The molecule has 2 saturated heterocycles. The third-order valence-electron chi connectivity index (χ3n) is 4.87. The Morgan fingerprint density at radius 3 is 2.71 bits per heavy atom. The number of carbonyl (C=O) groups excluding carboxylic acids is 1. The maximum atomic E-state index is 12.5. The van der Waals surface area contributed by atoms with Crippen molar-refractivity contribution in [3.05, 3.63) is 48.2 Å². The van der Waals surface area contributed by atoms with Crippen molar-refractivity contribution in [2.75, 3.05) is 36.4 Å². The van der Waals surface area contributed by atoms with E-state index in [1.165, 1.54) is 5.56 Å². The molecule has 0 radical (unpaired) electrons. The van der Waals surface area contributed by atoms with Gasteiger partial charge >= 0.3 is 0 Å². The third-order valence-corrected chi connectivity index (χ3v) is 4.87. The van der Waals surface area contributed by atoms with Crippen molar-refractivity contribution in [2.45, 2.75) is 12.3 Å². The molecule has 1 amide bonds. The fourth-order valence-corrected chi connectivity index (χ4v) is 3.25. The first-order valence-electron chi connectivity index (χ1n) is 8.44. The average molecular weight is 323 g/mol. The van der Waals surface area contributed by atoms with Gasteiger partial charge in [0, 0.05) is 44.0 Å². The molecule has 2 aliphatic rings. The Labute approximate surface area is 141 Å². The molecule has 4 rings (SSSR count). The fourth-order valence-electron chi connectivity index (χ4n) is 3.25. The molecule has 6 nitrogen and oxygen atoms in total. The van der Waals surface area contributed by atoms with E-state index in [9.17, 15) is 4.79 Å². The summed E-state index contributed by atoms with van der Waals surface area (Å²) < 4.78 is 0. The normalized spacial score (nSPS) is 20.7. The van der Waals surface area contributed by atoms with Crippen LogP contribution in [0, 0.1) is 5.92 Å². The van der Waals surface area contributed by atoms with Gasteiger partial charge in [-0.3, -0.25) is 4.79 Å². The van der Waals surface area contributed by atoms with Crippen LogP contribution in [-0.4, -0.2) is 42.3 Å². The second-order valence-electron chi connectivity index (χ2n) is 6.48. The van der Waals surface area contributed by atoms with Crippen LogP contribution < -0.4 is 15.5 Å². The smallest absolute Gasteiger partial charge is 0.229 e. The van der Waals surface area contributed by atoms with E-state index in [2.05, 4.69) is 37.9 Å². The molecule has 1 aromatic carbocycles. The lowest BCUT2D eigenvalue weighted by Crippen LogP contribution is -2.39. The second-order valence-corrected chi connectivity index (χ2v) is 6.48. The molecule has 1 atom stereocenters. The van der Waals surface area contributed by atoms with Crippen LogP contribution in [0.1, 0.15) is 17.9 Å². The second kappa shape index (κ2) is 6.57. The van der Waals surface area contributed by atoms with Gasteiger partial charge in [0.25, 0.3) is 0 Å². The van der Waals surface area contributed by atoms with Crippen LogP contribution >= 0.6 is 0 Å². The Morgan fingerprint density at radius 1 is 1.21 bits per heavy atom. The number of benzene rings is 1. The predicted octanol–water partition coefficient (Wildman–Crippen LogP) is 1.63. The van der Waals surface area contributed by atoms with Crippen molar-refractivity contribution in [1.82, 2.24) is 15.5 Å². The maximum Gasteiger partial charge on any atom is 0.229 e. The Balaban J connectivity index is 1.34. The van der Waals surface area contributed by atoms with Crippen LogP contribution in [0.5, 0.6) is 0 Å². The highest BCUT2D eigenvalue weighted by Crippen LogP contribution is 2.24. The zero-order valence-corrected chi connectivity index (χ0v) is 13.5. The minimum absolute atomic E-state index is 0.0116. The molecule has 2 fully saturated rings. The molecule has 24 heavy (non-hydrogen) atoms. The van der Waals surface area contributed by atoms with E-state index < -0.39 is 0 Å². The standard InChI is InChI=1S/C18H21N5O/c24-18(14-7-9-23(12-14)17-2-1-8-20-22-17)21-16-5-3-13(4-6-16)15-10-19-11-15/h1-6,8,14-15,19H,7,9-12H2,(H,21,24)/t14-/m0/s1. The first-order valence-corrected chi connectivity index (χ1v) is 8.44.